The molecule has 1 aromatic heterocycles. The number of aromatic nitrogens is 3. The highest BCUT2D eigenvalue weighted by molar-refractivity contribution is 7.99. The quantitative estimate of drug-likeness (QED) is 0.639. The molecule has 0 saturated carbocycles. The van der Waals surface area contributed by atoms with E-state index in [9.17, 15) is 4.79 Å². The predicted molar refractivity (Wildman–Crippen MR) is 80.5 cm³/mol. The Morgan fingerprint density at radius 2 is 2.24 bits per heavy atom. The van der Waals surface area contributed by atoms with Gasteiger partial charge in [-0.05, 0) is 24.3 Å². The number of hydrogen-bond donors (Lipinski definition) is 1. The molecule has 1 N–H and O–H groups in total. The van der Waals surface area contributed by atoms with Crippen molar-refractivity contribution in [3.63, 3.8) is 0 Å². The highest BCUT2D eigenvalue weighted by Crippen LogP contribution is 2.21. The van der Waals surface area contributed by atoms with E-state index in [-0.39, 0.29) is 18.2 Å². The van der Waals surface area contributed by atoms with Gasteiger partial charge in [0, 0.05) is 5.69 Å². The first-order valence-electron chi connectivity index (χ1n) is 6.12. The van der Waals surface area contributed by atoms with Gasteiger partial charge in [-0.2, -0.15) is 0 Å². The molecular formula is C14H14N4O2S. The van der Waals surface area contributed by atoms with E-state index >= 15 is 0 Å². The van der Waals surface area contributed by atoms with Gasteiger partial charge in [0.05, 0.1) is 19.4 Å². The van der Waals surface area contributed by atoms with Gasteiger partial charge in [0.1, 0.15) is 12.1 Å². The van der Waals surface area contributed by atoms with E-state index in [0.29, 0.717) is 5.16 Å². The third-order valence-electron chi connectivity index (χ3n) is 2.59. The summed E-state index contributed by atoms with van der Waals surface area (Å²) >= 11 is 1.29. The van der Waals surface area contributed by atoms with Crippen molar-refractivity contribution in [2.75, 3.05) is 19.4 Å². The van der Waals surface area contributed by atoms with Crippen LogP contribution in [0.15, 0.2) is 35.7 Å². The van der Waals surface area contributed by atoms with Gasteiger partial charge in [-0.15, -0.1) is 16.6 Å². The van der Waals surface area contributed by atoms with Crippen LogP contribution in [0.2, 0.25) is 0 Å². The molecule has 21 heavy (non-hydrogen) atoms. The molecule has 7 heteroatoms. The molecule has 0 spiro atoms. The average molecular weight is 302 g/mol. The number of carbonyl (C=O) groups is 1. The van der Waals surface area contributed by atoms with Crippen LogP contribution < -0.4 is 10.1 Å². The molecule has 0 atom stereocenters. The van der Waals surface area contributed by atoms with Crippen molar-refractivity contribution in [1.82, 2.24) is 20.1 Å². The lowest BCUT2D eigenvalue weighted by molar-refractivity contribution is -0.118. The van der Waals surface area contributed by atoms with Crippen LogP contribution in [0.4, 0.5) is 0 Å². The van der Waals surface area contributed by atoms with Crippen LogP contribution in [0.1, 0.15) is 0 Å². The zero-order chi connectivity index (χ0) is 15.1. The Morgan fingerprint density at radius 1 is 1.48 bits per heavy atom. The Bertz CT molecular complexity index is 646. The molecule has 0 saturated heterocycles. The Morgan fingerprint density at radius 3 is 2.90 bits per heavy atom. The van der Waals surface area contributed by atoms with E-state index in [1.54, 1.807) is 18.0 Å². The molecule has 1 aromatic carbocycles. The normalized spacial score (nSPS) is 9.90. The van der Waals surface area contributed by atoms with Crippen LogP contribution in [0.3, 0.4) is 0 Å². The highest BCUT2D eigenvalue weighted by Gasteiger charge is 2.09. The summed E-state index contributed by atoms with van der Waals surface area (Å²) in [5.74, 6) is 3.22. The van der Waals surface area contributed by atoms with Crippen molar-refractivity contribution in [3.05, 3.63) is 30.6 Å². The fourth-order valence-corrected chi connectivity index (χ4v) is 2.33. The first-order chi connectivity index (χ1) is 10.2. The summed E-state index contributed by atoms with van der Waals surface area (Å²) in [4.78, 5) is 11.5. The Balaban J connectivity index is 2.04. The molecule has 0 aliphatic rings. The van der Waals surface area contributed by atoms with Gasteiger partial charge in [-0.25, -0.2) is 0 Å². The van der Waals surface area contributed by atoms with E-state index in [1.807, 2.05) is 24.3 Å². The Hall–Kier alpha value is -2.46. The number of nitrogens with one attached hydrogen (secondary N) is 1. The molecular weight excluding hydrogens is 288 g/mol. The molecule has 0 aliphatic carbocycles. The fourth-order valence-electron chi connectivity index (χ4n) is 1.57. The largest absolute Gasteiger partial charge is 0.497 e. The maximum Gasteiger partial charge on any atom is 0.231 e. The van der Waals surface area contributed by atoms with Crippen LogP contribution in [-0.2, 0) is 4.79 Å². The van der Waals surface area contributed by atoms with Gasteiger partial charge < -0.3 is 10.1 Å². The van der Waals surface area contributed by atoms with Crippen molar-refractivity contribution in [2.45, 2.75) is 5.16 Å². The van der Waals surface area contributed by atoms with Crippen molar-refractivity contribution >= 4 is 17.7 Å². The first-order valence-corrected chi connectivity index (χ1v) is 7.10. The van der Waals surface area contributed by atoms with Gasteiger partial charge in [-0.1, -0.05) is 17.7 Å². The van der Waals surface area contributed by atoms with Crippen molar-refractivity contribution in [2.24, 2.45) is 0 Å². The molecule has 2 rings (SSSR count). The lowest BCUT2D eigenvalue weighted by atomic mass is 10.3. The number of hydrogen-bond acceptors (Lipinski definition) is 5. The number of ether oxygens (including phenoxy) is 1. The van der Waals surface area contributed by atoms with Crippen molar-refractivity contribution in [1.29, 1.82) is 0 Å². The minimum Gasteiger partial charge on any atom is -0.497 e. The van der Waals surface area contributed by atoms with Gasteiger partial charge in [-0.3, -0.25) is 9.36 Å². The fraction of sp³-hybridized carbons (Fsp3) is 0.214. The molecule has 108 valence electrons. The average Bonchev–Trinajstić information content (AvgIpc) is 2.99. The zero-order valence-corrected chi connectivity index (χ0v) is 12.3. The summed E-state index contributed by atoms with van der Waals surface area (Å²) in [6, 6.07) is 7.49. The van der Waals surface area contributed by atoms with E-state index in [2.05, 4.69) is 21.4 Å². The molecule has 0 fully saturated rings. The predicted octanol–water partition coefficient (Wildman–Crippen LogP) is 1.12. The second-order valence-corrected chi connectivity index (χ2v) is 4.89. The van der Waals surface area contributed by atoms with Gasteiger partial charge in [0.2, 0.25) is 5.91 Å². The number of thioether (sulfide) groups is 1. The van der Waals surface area contributed by atoms with E-state index in [1.165, 1.54) is 11.8 Å². The number of benzene rings is 1. The first kappa shape index (κ1) is 14.9. The second-order valence-electron chi connectivity index (χ2n) is 3.95. The van der Waals surface area contributed by atoms with E-state index < -0.39 is 0 Å². The number of terminal acetylenes is 1. The topological polar surface area (TPSA) is 69.0 Å². The Kier molecular flexibility index (Phi) is 5.23. The SMILES string of the molecule is C#CCNC(=O)CSc1nncn1-c1ccc(OC)cc1. The van der Waals surface area contributed by atoms with Crippen LogP contribution in [0, 0.1) is 12.3 Å². The lowest BCUT2D eigenvalue weighted by Gasteiger charge is -2.07. The molecule has 0 unspecified atom stereocenters. The van der Waals surface area contributed by atoms with Crippen LogP contribution >= 0.6 is 11.8 Å². The molecule has 2 aromatic rings. The summed E-state index contributed by atoms with van der Waals surface area (Å²) < 4.78 is 6.92. The lowest BCUT2D eigenvalue weighted by Crippen LogP contribution is -2.25. The standard InChI is InChI=1S/C14H14N4O2S/c1-3-8-15-13(19)9-21-14-17-16-10-18(14)11-4-6-12(20-2)7-5-11/h1,4-7,10H,8-9H2,2H3,(H,15,19). The summed E-state index contributed by atoms with van der Waals surface area (Å²) in [6.45, 7) is 0.227. The van der Waals surface area contributed by atoms with Gasteiger partial charge >= 0.3 is 0 Å². The summed E-state index contributed by atoms with van der Waals surface area (Å²) in [7, 11) is 1.61. The molecule has 0 bridgehead atoms. The Labute approximate surface area is 126 Å². The number of amides is 1. The summed E-state index contributed by atoms with van der Waals surface area (Å²) in [5, 5.41) is 11.1. The van der Waals surface area contributed by atoms with Crippen LogP contribution in [-0.4, -0.2) is 40.1 Å². The summed E-state index contributed by atoms with van der Waals surface area (Å²) in [5.41, 5.74) is 0.896. The molecule has 1 amide bonds. The molecule has 1 heterocycles. The zero-order valence-electron chi connectivity index (χ0n) is 11.4. The van der Waals surface area contributed by atoms with E-state index in [4.69, 9.17) is 11.2 Å². The second kappa shape index (κ2) is 7.36. The minimum atomic E-state index is -0.137. The van der Waals surface area contributed by atoms with Crippen molar-refractivity contribution in [3.8, 4) is 23.8 Å². The molecule has 0 aliphatic heterocycles. The maximum absolute atomic E-state index is 11.5. The maximum atomic E-state index is 11.5. The summed E-state index contributed by atoms with van der Waals surface area (Å²) in [6.07, 6.45) is 6.68. The van der Waals surface area contributed by atoms with Crippen molar-refractivity contribution < 1.29 is 9.53 Å². The van der Waals surface area contributed by atoms with Crippen LogP contribution in [0.25, 0.3) is 5.69 Å². The highest BCUT2D eigenvalue weighted by atomic mass is 32.2. The molecule has 0 radical (unpaired) electrons. The third kappa shape index (κ3) is 4.00. The monoisotopic (exact) mass is 302 g/mol. The molecule has 6 nitrogen and oxygen atoms in total. The number of carbonyl (C=O) groups excluding carboxylic acids is 1. The van der Waals surface area contributed by atoms with Gasteiger partial charge in [0.25, 0.3) is 0 Å². The van der Waals surface area contributed by atoms with Gasteiger partial charge in [0.15, 0.2) is 5.16 Å². The minimum absolute atomic E-state index is 0.137. The number of rotatable bonds is 6. The smallest absolute Gasteiger partial charge is 0.231 e. The number of methoxy groups -OCH3 is 1. The third-order valence-corrected chi connectivity index (χ3v) is 3.53. The van der Waals surface area contributed by atoms with Crippen LogP contribution in [0.5, 0.6) is 5.75 Å². The number of nitrogens with zero attached hydrogens (tertiary/aromatic N) is 3. The van der Waals surface area contributed by atoms with E-state index in [0.717, 1.165) is 11.4 Å².